The maximum atomic E-state index is 12.8. The second-order valence-electron chi connectivity index (χ2n) is 7.78. The number of carbonyl (C=O) groups excluding carboxylic acids is 3. The minimum Gasteiger partial charge on any atom is -0.361 e. The molecule has 7 nitrogen and oxygen atoms in total. The Balaban J connectivity index is 1.35. The molecule has 4 amide bonds. The summed E-state index contributed by atoms with van der Waals surface area (Å²) in [6, 6.07) is 17.0. The minimum atomic E-state index is -1.04. The average molecular weight is 404 g/mol. The van der Waals surface area contributed by atoms with Gasteiger partial charge in [0.05, 0.1) is 0 Å². The lowest BCUT2D eigenvalue weighted by Crippen LogP contribution is -2.49. The fraction of sp³-hybridized carbons (Fsp3) is 0.261. The van der Waals surface area contributed by atoms with Gasteiger partial charge in [0.1, 0.15) is 5.54 Å². The van der Waals surface area contributed by atoms with Crippen LogP contribution >= 0.6 is 0 Å². The monoisotopic (exact) mass is 404 g/mol. The standard InChI is InChI=1S/C23H24N4O3/c1-23(14-13-16-7-3-2-4-8-16)21(29)27(22(30)25-23)26-20(28)12-11-17-15-24-19-10-6-5-9-18(17)19/h2-10,15,24H,11-14H2,1H3,(H,25,30)(H,26,28)/t23-/m0/s1. The quantitative estimate of drug-likeness (QED) is 0.528. The minimum absolute atomic E-state index is 0.166. The molecule has 0 radical (unpaired) electrons. The summed E-state index contributed by atoms with van der Waals surface area (Å²) in [4.78, 5) is 40.7. The van der Waals surface area contributed by atoms with Crippen LogP contribution in [0.3, 0.4) is 0 Å². The van der Waals surface area contributed by atoms with Gasteiger partial charge in [-0.05, 0) is 43.4 Å². The normalized spacial score (nSPS) is 18.6. The molecule has 1 fully saturated rings. The van der Waals surface area contributed by atoms with Crippen LogP contribution in [0.25, 0.3) is 10.9 Å². The topological polar surface area (TPSA) is 94.3 Å². The van der Waals surface area contributed by atoms with Crippen LogP contribution in [0.4, 0.5) is 4.79 Å². The zero-order chi connectivity index (χ0) is 21.1. The van der Waals surface area contributed by atoms with E-state index in [0.717, 1.165) is 27.0 Å². The van der Waals surface area contributed by atoms with Crippen molar-refractivity contribution in [3.63, 3.8) is 0 Å². The van der Waals surface area contributed by atoms with Crippen LogP contribution in [0.5, 0.6) is 0 Å². The number of fused-ring (bicyclic) bond motifs is 1. The summed E-state index contributed by atoms with van der Waals surface area (Å²) in [5.74, 6) is -0.819. The maximum Gasteiger partial charge on any atom is 0.344 e. The van der Waals surface area contributed by atoms with Gasteiger partial charge in [-0.1, -0.05) is 48.5 Å². The van der Waals surface area contributed by atoms with Gasteiger partial charge >= 0.3 is 6.03 Å². The van der Waals surface area contributed by atoms with E-state index < -0.39 is 17.5 Å². The van der Waals surface area contributed by atoms with E-state index in [-0.39, 0.29) is 12.3 Å². The molecule has 30 heavy (non-hydrogen) atoms. The molecule has 154 valence electrons. The van der Waals surface area contributed by atoms with Crippen LogP contribution in [0, 0.1) is 0 Å². The van der Waals surface area contributed by atoms with Crippen molar-refractivity contribution in [2.24, 2.45) is 0 Å². The zero-order valence-electron chi connectivity index (χ0n) is 16.8. The second-order valence-corrected chi connectivity index (χ2v) is 7.78. The molecule has 0 spiro atoms. The predicted octanol–water partition coefficient (Wildman–Crippen LogP) is 3.08. The molecule has 1 atom stereocenters. The van der Waals surface area contributed by atoms with Gasteiger partial charge in [0, 0.05) is 23.5 Å². The molecule has 1 aliphatic rings. The van der Waals surface area contributed by atoms with E-state index in [1.165, 1.54) is 0 Å². The number of hydrogen-bond donors (Lipinski definition) is 3. The first-order valence-corrected chi connectivity index (χ1v) is 10.0. The van der Waals surface area contributed by atoms with Gasteiger partial charge in [-0.2, -0.15) is 5.01 Å². The molecule has 3 N–H and O–H groups in total. The summed E-state index contributed by atoms with van der Waals surface area (Å²) in [5.41, 5.74) is 4.53. The third-order valence-corrected chi connectivity index (χ3v) is 5.55. The number of imide groups is 1. The van der Waals surface area contributed by atoms with Gasteiger partial charge < -0.3 is 10.3 Å². The first-order valence-electron chi connectivity index (χ1n) is 10.0. The number of urea groups is 1. The third-order valence-electron chi connectivity index (χ3n) is 5.55. The van der Waals surface area contributed by atoms with Crippen molar-refractivity contribution in [3.05, 3.63) is 71.9 Å². The Morgan fingerprint density at radius 2 is 1.77 bits per heavy atom. The van der Waals surface area contributed by atoms with Crippen molar-refractivity contribution >= 4 is 28.7 Å². The molecule has 0 unspecified atom stereocenters. The molecule has 1 saturated heterocycles. The van der Waals surface area contributed by atoms with Crippen LogP contribution in [-0.4, -0.2) is 33.4 Å². The molecule has 1 aromatic heterocycles. The molecular weight excluding hydrogens is 380 g/mol. The largest absolute Gasteiger partial charge is 0.361 e. The van der Waals surface area contributed by atoms with Crippen molar-refractivity contribution in [1.82, 2.24) is 20.7 Å². The third kappa shape index (κ3) is 3.91. The lowest BCUT2D eigenvalue weighted by atomic mass is 9.93. The predicted molar refractivity (Wildman–Crippen MR) is 113 cm³/mol. The molecular formula is C23H24N4O3. The molecule has 0 bridgehead atoms. The highest BCUT2D eigenvalue weighted by Crippen LogP contribution is 2.23. The molecule has 2 heterocycles. The highest BCUT2D eigenvalue weighted by molar-refractivity contribution is 6.07. The number of nitrogens with one attached hydrogen (secondary N) is 3. The van der Waals surface area contributed by atoms with E-state index in [0.29, 0.717) is 19.3 Å². The summed E-state index contributed by atoms with van der Waals surface area (Å²) in [6.07, 6.45) is 3.64. The van der Waals surface area contributed by atoms with Crippen LogP contribution in [-0.2, 0) is 22.4 Å². The lowest BCUT2D eigenvalue weighted by molar-refractivity contribution is -0.138. The Morgan fingerprint density at radius 3 is 2.57 bits per heavy atom. The number of hydrogen-bond acceptors (Lipinski definition) is 3. The zero-order valence-corrected chi connectivity index (χ0v) is 16.8. The number of benzene rings is 2. The summed E-state index contributed by atoms with van der Waals surface area (Å²) < 4.78 is 0. The molecule has 1 aliphatic heterocycles. The fourth-order valence-corrected chi connectivity index (χ4v) is 3.76. The number of H-pyrrole nitrogens is 1. The highest BCUT2D eigenvalue weighted by atomic mass is 16.2. The Bertz CT molecular complexity index is 1090. The van der Waals surface area contributed by atoms with E-state index in [4.69, 9.17) is 0 Å². The number of rotatable bonds is 7. The Kier molecular flexibility index (Phi) is 5.27. The van der Waals surface area contributed by atoms with Gasteiger partial charge in [0.15, 0.2) is 0 Å². The van der Waals surface area contributed by atoms with Gasteiger partial charge in [-0.3, -0.25) is 15.0 Å². The number of amides is 4. The Hall–Kier alpha value is -3.61. The molecule has 4 rings (SSSR count). The van der Waals surface area contributed by atoms with Gasteiger partial charge in [-0.15, -0.1) is 0 Å². The summed E-state index contributed by atoms with van der Waals surface area (Å²) >= 11 is 0. The van der Waals surface area contributed by atoms with E-state index in [2.05, 4.69) is 15.7 Å². The Labute approximate surface area is 174 Å². The number of aryl methyl sites for hydroxylation is 2. The van der Waals surface area contributed by atoms with E-state index >= 15 is 0 Å². The highest BCUT2D eigenvalue weighted by Gasteiger charge is 2.48. The van der Waals surface area contributed by atoms with Crippen molar-refractivity contribution in [1.29, 1.82) is 0 Å². The van der Waals surface area contributed by atoms with E-state index in [9.17, 15) is 14.4 Å². The van der Waals surface area contributed by atoms with Crippen LogP contribution in [0.1, 0.15) is 30.9 Å². The second kappa shape index (κ2) is 8.02. The molecule has 7 heteroatoms. The summed E-state index contributed by atoms with van der Waals surface area (Å²) in [5, 5.41) is 4.59. The number of nitrogens with zero attached hydrogens (tertiary/aromatic N) is 1. The molecule has 0 saturated carbocycles. The average Bonchev–Trinajstić information content (AvgIpc) is 3.26. The van der Waals surface area contributed by atoms with Crippen molar-refractivity contribution in [2.45, 2.75) is 38.1 Å². The fourth-order valence-electron chi connectivity index (χ4n) is 3.76. The van der Waals surface area contributed by atoms with Gasteiger partial charge in [0.25, 0.3) is 5.91 Å². The molecule has 3 aromatic rings. The number of aromatic amines is 1. The van der Waals surface area contributed by atoms with Crippen molar-refractivity contribution in [3.8, 4) is 0 Å². The summed E-state index contributed by atoms with van der Waals surface area (Å²) in [6.45, 7) is 1.69. The van der Waals surface area contributed by atoms with Gasteiger partial charge in [-0.25, -0.2) is 4.79 Å². The molecule has 0 aliphatic carbocycles. The smallest absolute Gasteiger partial charge is 0.344 e. The lowest BCUT2D eigenvalue weighted by Gasteiger charge is -2.21. The number of aromatic nitrogens is 1. The van der Waals surface area contributed by atoms with E-state index in [1.54, 1.807) is 6.92 Å². The van der Waals surface area contributed by atoms with Crippen LogP contribution < -0.4 is 10.7 Å². The number of hydrazine groups is 1. The van der Waals surface area contributed by atoms with E-state index in [1.807, 2.05) is 60.8 Å². The van der Waals surface area contributed by atoms with Gasteiger partial charge in [0.2, 0.25) is 5.91 Å². The van der Waals surface area contributed by atoms with Crippen molar-refractivity contribution < 1.29 is 14.4 Å². The van der Waals surface area contributed by atoms with Crippen molar-refractivity contribution in [2.75, 3.05) is 0 Å². The maximum absolute atomic E-state index is 12.8. The SMILES string of the molecule is C[C@@]1(CCc2ccccc2)NC(=O)N(NC(=O)CCc2c[nH]c3ccccc23)C1=O. The van der Waals surface area contributed by atoms with Crippen LogP contribution in [0.15, 0.2) is 60.8 Å². The molecule has 2 aromatic carbocycles. The first kappa shape index (κ1) is 19.7. The number of carbonyl (C=O) groups is 3. The van der Waals surface area contributed by atoms with Crippen LogP contribution in [0.2, 0.25) is 0 Å². The summed E-state index contributed by atoms with van der Waals surface area (Å²) in [7, 11) is 0. The Morgan fingerprint density at radius 1 is 1.03 bits per heavy atom. The number of para-hydroxylation sites is 1. The first-order chi connectivity index (χ1) is 14.5.